The fourth-order valence-electron chi connectivity index (χ4n) is 2.00. The lowest BCUT2D eigenvalue weighted by atomic mass is 9.90. The lowest BCUT2D eigenvalue weighted by Crippen LogP contribution is -2.43. The van der Waals surface area contributed by atoms with Crippen LogP contribution in [0.1, 0.15) is 34.1 Å². The molecule has 1 aliphatic rings. The number of carbonyl (C=O) groups is 1. The number of rotatable bonds is 5. The number of hydrogen-bond acceptors (Lipinski definition) is 3. The highest BCUT2D eigenvalue weighted by molar-refractivity contribution is 6.74. The Morgan fingerprint density at radius 3 is 2.47 bits per heavy atom. The van der Waals surface area contributed by atoms with Gasteiger partial charge in [0.2, 0.25) is 0 Å². The largest absolute Gasteiger partial charge is 0.459 e. The van der Waals surface area contributed by atoms with Gasteiger partial charge < -0.3 is 9.16 Å². The van der Waals surface area contributed by atoms with Gasteiger partial charge in [0.15, 0.2) is 8.32 Å². The third kappa shape index (κ3) is 3.69. The summed E-state index contributed by atoms with van der Waals surface area (Å²) in [5.74, 6) is 0.0528. The highest BCUT2D eigenvalue weighted by Gasteiger charge is 2.43. The number of cyclic esters (lactones) is 1. The maximum Gasteiger partial charge on any atom is 0.310 e. The molecule has 110 valence electrons. The van der Waals surface area contributed by atoms with Crippen LogP contribution in [0.15, 0.2) is 12.7 Å². The summed E-state index contributed by atoms with van der Waals surface area (Å²) >= 11 is 0. The zero-order chi connectivity index (χ0) is 14.8. The predicted octanol–water partition coefficient (Wildman–Crippen LogP) is 3.76. The van der Waals surface area contributed by atoms with E-state index in [4.69, 9.17) is 9.16 Å². The van der Waals surface area contributed by atoms with Gasteiger partial charge in [0.05, 0.1) is 12.5 Å². The molecule has 1 heterocycles. The Bertz CT molecular complexity index is 344. The Balaban J connectivity index is 2.60. The molecule has 0 amide bonds. The minimum Gasteiger partial charge on any atom is -0.459 e. The van der Waals surface area contributed by atoms with Crippen molar-refractivity contribution in [1.29, 1.82) is 0 Å². The van der Waals surface area contributed by atoms with E-state index >= 15 is 0 Å². The first-order chi connectivity index (χ1) is 8.60. The standard InChI is InChI=1S/C15H28O3Si/c1-8-9-12-11(2)13(18-14(12)16)10-17-19(6,7)15(3,4)5/h8,11-13H,1,9-10H2,2-7H3/t11-,12-,13-/m1/s1. The van der Waals surface area contributed by atoms with E-state index in [1.807, 2.05) is 0 Å². The summed E-state index contributed by atoms with van der Waals surface area (Å²) < 4.78 is 11.6. The van der Waals surface area contributed by atoms with Gasteiger partial charge >= 0.3 is 5.97 Å². The highest BCUT2D eigenvalue weighted by Crippen LogP contribution is 2.38. The molecule has 0 saturated carbocycles. The van der Waals surface area contributed by atoms with E-state index in [2.05, 4.69) is 47.4 Å². The van der Waals surface area contributed by atoms with E-state index in [1.165, 1.54) is 0 Å². The van der Waals surface area contributed by atoms with E-state index in [0.29, 0.717) is 13.0 Å². The molecule has 1 aliphatic heterocycles. The zero-order valence-electron chi connectivity index (χ0n) is 13.2. The van der Waals surface area contributed by atoms with E-state index in [0.717, 1.165) is 0 Å². The van der Waals surface area contributed by atoms with Crippen molar-refractivity contribution in [2.24, 2.45) is 11.8 Å². The van der Waals surface area contributed by atoms with Gasteiger partial charge in [0, 0.05) is 5.92 Å². The zero-order valence-corrected chi connectivity index (χ0v) is 14.2. The smallest absolute Gasteiger partial charge is 0.310 e. The van der Waals surface area contributed by atoms with Crippen LogP contribution in [0.25, 0.3) is 0 Å². The minimum atomic E-state index is -1.78. The first-order valence-corrected chi connectivity index (χ1v) is 9.96. The van der Waals surface area contributed by atoms with Gasteiger partial charge in [-0.25, -0.2) is 0 Å². The van der Waals surface area contributed by atoms with Crippen LogP contribution < -0.4 is 0 Å². The summed E-state index contributed by atoms with van der Waals surface area (Å²) in [6, 6.07) is 0. The highest BCUT2D eigenvalue weighted by atomic mass is 28.4. The number of hydrogen-bond donors (Lipinski definition) is 0. The normalized spacial score (nSPS) is 28.3. The summed E-state index contributed by atoms with van der Waals surface area (Å²) in [5, 5.41) is 0.180. The lowest BCUT2D eigenvalue weighted by molar-refractivity contribution is -0.145. The maximum absolute atomic E-state index is 11.8. The molecule has 0 spiro atoms. The molecule has 0 radical (unpaired) electrons. The molecule has 0 unspecified atom stereocenters. The fourth-order valence-corrected chi connectivity index (χ4v) is 3.01. The molecular weight excluding hydrogens is 256 g/mol. The molecule has 1 rings (SSSR count). The first kappa shape index (κ1) is 16.4. The number of ether oxygens (including phenoxy) is 1. The van der Waals surface area contributed by atoms with Gasteiger partial charge in [-0.1, -0.05) is 33.8 Å². The maximum atomic E-state index is 11.8. The molecule has 1 saturated heterocycles. The van der Waals surface area contributed by atoms with Gasteiger partial charge in [-0.2, -0.15) is 0 Å². The van der Waals surface area contributed by atoms with Crippen molar-refractivity contribution in [2.45, 2.75) is 58.4 Å². The van der Waals surface area contributed by atoms with Crippen LogP contribution in [0.2, 0.25) is 18.1 Å². The number of carbonyl (C=O) groups excluding carboxylic acids is 1. The van der Waals surface area contributed by atoms with Gasteiger partial charge in [-0.3, -0.25) is 4.79 Å². The molecule has 0 aromatic carbocycles. The number of esters is 1. The van der Waals surface area contributed by atoms with Crippen LogP contribution in [-0.4, -0.2) is 27.0 Å². The molecule has 0 aromatic heterocycles. The minimum absolute atomic E-state index is 0.0504. The molecule has 3 nitrogen and oxygen atoms in total. The average Bonchev–Trinajstić information content (AvgIpc) is 2.53. The van der Waals surface area contributed by atoms with Gasteiger partial charge in [0.1, 0.15) is 6.10 Å². The molecule has 4 heteroatoms. The summed E-state index contributed by atoms with van der Waals surface area (Å²) in [7, 11) is -1.78. The topological polar surface area (TPSA) is 35.5 Å². The van der Waals surface area contributed by atoms with Gasteiger partial charge in [-0.05, 0) is 24.6 Å². The first-order valence-electron chi connectivity index (χ1n) is 7.05. The molecule has 19 heavy (non-hydrogen) atoms. The average molecular weight is 284 g/mol. The van der Waals surface area contributed by atoms with Crippen LogP contribution in [0.5, 0.6) is 0 Å². The summed E-state index contributed by atoms with van der Waals surface area (Å²) in [6.45, 7) is 17.4. The van der Waals surface area contributed by atoms with Crippen LogP contribution >= 0.6 is 0 Å². The van der Waals surface area contributed by atoms with Crippen molar-refractivity contribution in [3.05, 3.63) is 12.7 Å². The predicted molar refractivity (Wildman–Crippen MR) is 80.5 cm³/mol. The molecule has 1 fully saturated rings. The molecule has 0 aliphatic carbocycles. The summed E-state index contributed by atoms with van der Waals surface area (Å²) in [4.78, 5) is 11.8. The second kappa shape index (κ2) is 5.79. The van der Waals surface area contributed by atoms with Crippen molar-refractivity contribution in [3.8, 4) is 0 Å². The third-order valence-corrected chi connectivity index (χ3v) is 9.13. The monoisotopic (exact) mass is 284 g/mol. The number of allylic oxidation sites excluding steroid dienone is 1. The SMILES string of the molecule is C=CC[C@H]1C(=O)O[C@H](CO[Si](C)(C)C(C)(C)C)[C@@H]1C. The quantitative estimate of drug-likeness (QED) is 0.438. The van der Waals surface area contributed by atoms with Crippen LogP contribution in [-0.2, 0) is 14.0 Å². The summed E-state index contributed by atoms with van der Waals surface area (Å²) in [5.41, 5.74) is 0. The molecule has 3 atom stereocenters. The van der Waals surface area contributed by atoms with Crippen molar-refractivity contribution in [3.63, 3.8) is 0 Å². The Morgan fingerprint density at radius 2 is 2.00 bits per heavy atom. The van der Waals surface area contributed by atoms with Crippen LogP contribution in [0, 0.1) is 11.8 Å². The second-order valence-corrected chi connectivity index (χ2v) is 11.8. The van der Waals surface area contributed by atoms with E-state index in [-0.39, 0.29) is 28.9 Å². The second-order valence-electron chi connectivity index (χ2n) is 7.04. The van der Waals surface area contributed by atoms with Crippen LogP contribution in [0.3, 0.4) is 0 Å². The Labute approximate surface area is 118 Å². The van der Waals surface area contributed by atoms with E-state index in [1.54, 1.807) is 6.08 Å². The summed E-state index contributed by atoms with van der Waals surface area (Å²) in [6.07, 6.45) is 2.38. The molecule has 0 N–H and O–H groups in total. The van der Waals surface area contributed by atoms with Crippen molar-refractivity contribution in [2.75, 3.05) is 6.61 Å². The Hall–Kier alpha value is -0.613. The third-order valence-electron chi connectivity index (χ3n) is 4.63. The van der Waals surface area contributed by atoms with Gasteiger partial charge in [0.25, 0.3) is 0 Å². The van der Waals surface area contributed by atoms with E-state index in [9.17, 15) is 4.79 Å². The Morgan fingerprint density at radius 1 is 1.42 bits per heavy atom. The van der Waals surface area contributed by atoms with Crippen molar-refractivity contribution in [1.82, 2.24) is 0 Å². The lowest BCUT2D eigenvalue weighted by Gasteiger charge is -2.37. The molecule has 0 bridgehead atoms. The molecule has 0 aromatic rings. The molecular formula is C15H28O3Si. The van der Waals surface area contributed by atoms with Crippen LogP contribution in [0.4, 0.5) is 0 Å². The van der Waals surface area contributed by atoms with Crippen molar-refractivity contribution < 1.29 is 14.0 Å². The van der Waals surface area contributed by atoms with E-state index < -0.39 is 8.32 Å². The fraction of sp³-hybridized carbons (Fsp3) is 0.800. The Kier molecular flexibility index (Phi) is 5.01. The van der Waals surface area contributed by atoms with Gasteiger partial charge in [-0.15, -0.1) is 6.58 Å². The van der Waals surface area contributed by atoms with Crippen molar-refractivity contribution >= 4 is 14.3 Å².